The van der Waals surface area contributed by atoms with Crippen LogP contribution in [0.2, 0.25) is 0 Å². The molecular formula is C16H24N2O4S. The van der Waals surface area contributed by atoms with Gasteiger partial charge in [-0.05, 0) is 71.1 Å². The van der Waals surface area contributed by atoms with Gasteiger partial charge in [-0.2, -0.15) is 0 Å². The molecule has 0 radical (unpaired) electrons. The van der Waals surface area contributed by atoms with Gasteiger partial charge >= 0.3 is 12.1 Å². The first-order valence-electron chi connectivity index (χ1n) is 7.24. The molecule has 0 spiro atoms. The lowest BCUT2D eigenvalue weighted by Gasteiger charge is -2.27. The van der Waals surface area contributed by atoms with Crippen LogP contribution in [-0.2, 0) is 4.74 Å². The van der Waals surface area contributed by atoms with Crippen molar-refractivity contribution < 1.29 is 19.4 Å². The number of carbonyl (C=O) groups is 2. The monoisotopic (exact) mass is 340 g/mol. The van der Waals surface area contributed by atoms with Gasteiger partial charge in [0.2, 0.25) is 0 Å². The normalized spacial score (nSPS) is 11.4. The highest BCUT2D eigenvalue weighted by molar-refractivity contribution is 8.01. The number of benzene rings is 1. The smallest absolute Gasteiger partial charge is 0.425 e. The van der Waals surface area contributed by atoms with E-state index < -0.39 is 17.7 Å². The van der Waals surface area contributed by atoms with Crippen LogP contribution in [-0.4, -0.2) is 54.1 Å². The van der Waals surface area contributed by atoms with Crippen molar-refractivity contribution in [2.24, 2.45) is 0 Å². The molecule has 6 nitrogen and oxygen atoms in total. The summed E-state index contributed by atoms with van der Waals surface area (Å²) in [6, 6.07) is 6.16. The summed E-state index contributed by atoms with van der Waals surface area (Å²) in [5.41, 5.74) is 0.169. The van der Waals surface area contributed by atoms with Crippen LogP contribution in [0, 0.1) is 0 Å². The highest BCUT2D eigenvalue weighted by atomic mass is 32.2. The average Bonchev–Trinajstić information content (AvgIpc) is 2.41. The van der Waals surface area contributed by atoms with Crippen LogP contribution in [0.1, 0.15) is 31.1 Å². The molecule has 1 N–H and O–H groups in total. The van der Waals surface area contributed by atoms with Crippen LogP contribution < -0.4 is 4.31 Å². The summed E-state index contributed by atoms with van der Waals surface area (Å²) in [5, 5.41) is 8.96. The highest BCUT2D eigenvalue weighted by Crippen LogP contribution is 2.26. The SMILES string of the molecule is CN(C)CCSN(C(=O)OC(C)(C)C)c1ccc(C(=O)O)cc1. The van der Waals surface area contributed by atoms with Gasteiger partial charge in [0.05, 0.1) is 11.3 Å². The van der Waals surface area contributed by atoms with E-state index in [1.54, 1.807) is 32.9 Å². The Kier molecular flexibility index (Phi) is 6.90. The summed E-state index contributed by atoms with van der Waals surface area (Å²) in [6.07, 6.45) is -0.468. The van der Waals surface area contributed by atoms with Gasteiger partial charge in [0.15, 0.2) is 0 Å². The van der Waals surface area contributed by atoms with Crippen LogP contribution in [0.4, 0.5) is 10.5 Å². The molecule has 128 valence electrons. The van der Waals surface area contributed by atoms with Gasteiger partial charge in [-0.15, -0.1) is 0 Å². The Labute approximate surface area is 141 Å². The molecule has 0 bridgehead atoms. The predicted molar refractivity (Wildman–Crippen MR) is 93.1 cm³/mol. The first-order chi connectivity index (χ1) is 10.6. The number of hydrogen-bond donors (Lipinski definition) is 1. The Morgan fingerprint density at radius 1 is 1.17 bits per heavy atom. The zero-order chi connectivity index (χ0) is 17.6. The van der Waals surface area contributed by atoms with Gasteiger partial charge in [0.1, 0.15) is 5.60 Å². The number of nitrogens with zero attached hydrogens (tertiary/aromatic N) is 2. The molecule has 0 atom stereocenters. The fourth-order valence-electron chi connectivity index (χ4n) is 1.59. The summed E-state index contributed by atoms with van der Waals surface area (Å²) < 4.78 is 6.88. The van der Waals surface area contributed by atoms with E-state index >= 15 is 0 Å². The van der Waals surface area contributed by atoms with Gasteiger partial charge in [0, 0.05) is 12.3 Å². The van der Waals surface area contributed by atoms with Gasteiger partial charge in [-0.25, -0.2) is 13.9 Å². The van der Waals surface area contributed by atoms with E-state index in [-0.39, 0.29) is 5.56 Å². The summed E-state index contributed by atoms with van der Waals surface area (Å²) in [5.74, 6) is -0.298. The van der Waals surface area contributed by atoms with Gasteiger partial charge in [0.25, 0.3) is 0 Å². The Hall–Kier alpha value is -1.73. The minimum atomic E-state index is -0.999. The van der Waals surface area contributed by atoms with Crippen LogP contribution in [0.5, 0.6) is 0 Å². The fourth-order valence-corrected chi connectivity index (χ4v) is 2.63. The Morgan fingerprint density at radius 2 is 1.74 bits per heavy atom. The standard InChI is InChI=1S/C16H24N2O4S/c1-16(2,3)22-15(21)18(23-11-10-17(4)5)13-8-6-12(7-9-13)14(19)20/h6-9H,10-11H2,1-5H3,(H,19,20). The van der Waals surface area contributed by atoms with Crippen LogP contribution in [0.3, 0.4) is 0 Å². The van der Waals surface area contributed by atoms with Gasteiger partial charge < -0.3 is 14.7 Å². The second-order valence-corrected chi connectivity index (χ2v) is 7.29. The van der Waals surface area contributed by atoms with E-state index in [0.717, 1.165) is 6.54 Å². The van der Waals surface area contributed by atoms with Crippen LogP contribution >= 0.6 is 11.9 Å². The molecule has 1 amide bonds. The van der Waals surface area contributed by atoms with Crippen LogP contribution in [0.15, 0.2) is 24.3 Å². The maximum atomic E-state index is 12.4. The molecular weight excluding hydrogens is 316 g/mol. The number of amides is 1. The quantitative estimate of drug-likeness (QED) is 0.801. The van der Waals surface area contributed by atoms with Crippen molar-refractivity contribution in [3.8, 4) is 0 Å². The molecule has 0 heterocycles. The molecule has 0 saturated carbocycles. The second kappa shape index (κ2) is 8.21. The summed E-state index contributed by atoms with van der Waals surface area (Å²) in [7, 11) is 3.92. The topological polar surface area (TPSA) is 70.1 Å². The third kappa shape index (κ3) is 6.92. The minimum Gasteiger partial charge on any atom is -0.478 e. The molecule has 0 fully saturated rings. The number of carbonyl (C=O) groups excluding carboxylic acids is 1. The van der Waals surface area contributed by atoms with Crippen molar-refractivity contribution in [3.63, 3.8) is 0 Å². The molecule has 0 aliphatic rings. The van der Waals surface area contributed by atoms with Gasteiger partial charge in [-0.1, -0.05) is 0 Å². The molecule has 7 heteroatoms. The predicted octanol–water partition coefficient (Wildman–Crippen LogP) is 3.34. The van der Waals surface area contributed by atoms with E-state index in [1.807, 2.05) is 19.0 Å². The molecule has 1 aromatic carbocycles. The number of carboxylic acid groups (broad SMARTS) is 1. The summed E-state index contributed by atoms with van der Waals surface area (Å²) in [6.45, 7) is 6.22. The molecule has 0 unspecified atom stereocenters. The fraction of sp³-hybridized carbons (Fsp3) is 0.500. The lowest BCUT2D eigenvalue weighted by molar-refractivity contribution is 0.0611. The van der Waals surface area contributed by atoms with E-state index in [2.05, 4.69) is 0 Å². The summed E-state index contributed by atoms with van der Waals surface area (Å²) >= 11 is 1.34. The van der Waals surface area contributed by atoms with Crippen molar-refractivity contribution >= 4 is 29.7 Å². The van der Waals surface area contributed by atoms with Crippen molar-refractivity contribution in [1.82, 2.24) is 4.90 Å². The third-order valence-corrected chi connectivity index (χ3v) is 3.65. The lowest BCUT2D eigenvalue weighted by atomic mass is 10.2. The molecule has 1 rings (SSSR count). The Balaban J connectivity index is 2.93. The molecule has 0 saturated heterocycles. The van der Waals surface area contributed by atoms with Crippen molar-refractivity contribution in [1.29, 1.82) is 0 Å². The van der Waals surface area contributed by atoms with E-state index in [9.17, 15) is 9.59 Å². The van der Waals surface area contributed by atoms with Crippen LogP contribution in [0.25, 0.3) is 0 Å². The zero-order valence-electron chi connectivity index (χ0n) is 14.2. The second-order valence-electron chi connectivity index (χ2n) is 6.26. The van der Waals surface area contributed by atoms with E-state index in [1.165, 1.54) is 28.4 Å². The molecule has 1 aromatic rings. The maximum Gasteiger partial charge on any atom is 0.425 e. The van der Waals surface area contributed by atoms with Crippen molar-refractivity contribution in [2.45, 2.75) is 26.4 Å². The third-order valence-electron chi connectivity index (χ3n) is 2.67. The minimum absolute atomic E-state index is 0.177. The molecule has 23 heavy (non-hydrogen) atoms. The van der Waals surface area contributed by atoms with Gasteiger partial charge in [-0.3, -0.25) is 0 Å². The maximum absolute atomic E-state index is 12.4. The van der Waals surface area contributed by atoms with Crippen molar-refractivity contribution in [2.75, 3.05) is 30.7 Å². The molecule has 0 aromatic heterocycles. The van der Waals surface area contributed by atoms with Crippen molar-refractivity contribution in [3.05, 3.63) is 29.8 Å². The summed E-state index contributed by atoms with van der Waals surface area (Å²) in [4.78, 5) is 25.4. The van der Waals surface area contributed by atoms with E-state index in [4.69, 9.17) is 9.84 Å². The largest absolute Gasteiger partial charge is 0.478 e. The van der Waals surface area contributed by atoms with E-state index in [0.29, 0.717) is 11.4 Å². The zero-order valence-corrected chi connectivity index (χ0v) is 15.0. The number of hydrogen-bond acceptors (Lipinski definition) is 5. The molecule has 0 aliphatic heterocycles. The number of anilines is 1. The first-order valence-corrected chi connectivity index (χ1v) is 8.18. The number of carboxylic acids is 1. The Bertz CT molecular complexity index is 538. The number of rotatable bonds is 6. The first kappa shape index (κ1) is 19.3. The average molecular weight is 340 g/mol. The Morgan fingerprint density at radius 3 is 2.17 bits per heavy atom. The number of aromatic carboxylic acids is 1. The molecule has 0 aliphatic carbocycles. The number of ether oxygens (including phenoxy) is 1. The lowest BCUT2D eigenvalue weighted by Crippen LogP contribution is -2.33. The highest BCUT2D eigenvalue weighted by Gasteiger charge is 2.24.